The highest BCUT2D eigenvalue weighted by molar-refractivity contribution is 5.93. The van der Waals surface area contributed by atoms with Crippen LogP contribution in [0, 0.1) is 6.92 Å². The Morgan fingerprint density at radius 2 is 2.00 bits per heavy atom. The topological polar surface area (TPSA) is 64.0 Å². The monoisotopic (exact) mass is 367 g/mol. The van der Waals surface area contributed by atoms with Crippen molar-refractivity contribution in [2.45, 2.75) is 39.8 Å². The number of unbranched alkanes of at least 4 members (excludes halogenated alkanes) is 1. The number of hydrogen-bond donors (Lipinski definition) is 1. The summed E-state index contributed by atoms with van der Waals surface area (Å²) in [6.07, 6.45) is 2.17. The predicted molar refractivity (Wildman–Crippen MR) is 105 cm³/mol. The molecule has 0 unspecified atom stereocenters. The van der Waals surface area contributed by atoms with Crippen LogP contribution >= 0.6 is 0 Å². The van der Waals surface area contributed by atoms with Gasteiger partial charge in [-0.15, -0.1) is 0 Å². The van der Waals surface area contributed by atoms with E-state index in [1.165, 1.54) is 4.57 Å². The summed E-state index contributed by atoms with van der Waals surface area (Å²) in [5, 5.41) is 3.14. The van der Waals surface area contributed by atoms with Gasteiger partial charge in [0.2, 0.25) is 5.91 Å². The molecule has 0 atom stereocenters. The number of carbonyl (C=O) groups excluding carboxylic acids is 1. The molecule has 3 aromatic rings. The lowest BCUT2D eigenvalue weighted by molar-refractivity contribution is -0.116. The molecule has 0 aliphatic rings. The van der Waals surface area contributed by atoms with Crippen molar-refractivity contribution in [1.82, 2.24) is 9.55 Å². The molecule has 1 heterocycles. The first-order valence-electron chi connectivity index (χ1n) is 9.02. The van der Waals surface area contributed by atoms with E-state index in [9.17, 15) is 14.0 Å². The molecule has 0 radical (unpaired) electrons. The number of benzene rings is 2. The number of aromatic nitrogens is 2. The second kappa shape index (κ2) is 8.12. The van der Waals surface area contributed by atoms with E-state index in [-0.39, 0.29) is 17.3 Å². The van der Waals surface area contributed by atoms with E-state index >= 15 is 0 Å². The maximum atomic E-state index is 13.6. The van der Waals surface area contributed by atoms with E-state index in [0.717, 1.165) is 18.4 Å². The SMILES string of the molecule is CCCCC(=O)Nc1ccc2nc(CF)n(-c3ccccc3C)c(=O)c2c1. The third-order valence-electron chi connectivity index (χ3n) is 4.45. The Labute approximate surface area is 156 Å². The van der Waals surface area contributed by atoms with E-state index in [4.69, 9.17) is 0 Å². The van der Waals surface area contributed by atoms with Crippen LogP contribution in [0.4, 0.5) is 10.1 Å². The second-order valence-electron chi connectivity index (χ2n) is 6.47. The van der Waals surface area contributed by atoms with Crippen LogP contribution in [0.15, 0.2) is 47.3 Å². The maximum absolute atomic E-state index is 13.6. The molecule has 0 bridgehead atoms. The van der Waals surface area contributed by atoms with E-state index in [0.29, 0.717) is 28.7 Å². The van der Waals surface area contributed by atoms with Crippen molar-refractivity contribution in [3.63, 3.8) is 0 Å². The summed E-state index contributed by atoms with van der Waals surface area (Å²) >= 11 is 0. The molecule has 1 amide bonds. The van der Waals surface area contributed by atoms with E-state index in [2.05, 4.69) is 10.3 Å². The summed E-state index contributed by atoms with van der Waals surface area (Å²) in [6, 6.07) is 12.2. The minimum Gasteiger partial charge on any atom is -0.326 e. The van der Waals surface area contributed by atoms with Gasteiger partial charge in [0.25, 0.3) is 5.56 Å². The van der Waals surface area contributed by atoms with Gasteiger partial charge >= 0.3 is 0 Å². The average Bonchev–Trinajstić information content (AvgIpc) is 2.67. The van der Waals surface area contributed by atoms with Crippen LogP contribution in [0.1, 0.15) is 37.6 Å². The third-order valence-corrected chi connectivity index (χ3v) is 4.45. The number of nitrogens with zero attached hydrogens (tertiary/aromatic N) is 2. The van der Waals surface area contributed by atoms with Crippen LogP contribution in [-0.2, 0) is 11.5 Å². The fourth-order valence-corrected chi connectivity index (χ4v) is 3.02. The average molecular weight is 367 g/mol. The summed E-state index contributed by atoms with van der Waals surface area (Å²) in [5.41, 5.74) is 2.03. The van der Waals surface area contributed by atoms with Gasteiger partial charge in [-0.05, 0) is 43.2 Å². The van der Waals surface area contributed by atoms with Gasteiger partial charge in [-0.1, -0.05) is 31.5 Å². The molecule has 6 heteroatoms. The highest BCUT2D eigenvalue weighted by Gasteiger charge is 2.15. The van der Waals surface area contributed by atoms with E-state index < -0.39 is 6.67 Å². The van der Waals surface area contributed by atoms with E-state index in [1.54, 1.807) is 30.3 Å². The lowest BCUT2D eigenvalue weighted by Crippen LogP contribution is -2.24. The normalized spacial score (nSPS) is 10.9. The number of carbonyl (C=O) groups is 1. The summed E-state index contributed by atoms with van der Waals surface area (Å²) < 4.78 is 14.9. The number of para-hydroxylation sites is 1. The second-order valence-corrected chi connectivity index (χ2v) is 6.47. The molecular weight excluding hydrogens is 345 g/mol. The van der Waals surface area contributed by atoms with Gasteiger partial charge in [0, 0.05) is 12.1 Å². The van der Waals surface area contributed by atoms with Crippen molar-refractivity contribution in [3.8, 4) is 5.69 Å². The fourth-order valence-electron chi connectivity index (χ4n) is 3.02. The Kier molecular flexibility index (Phi) is 5.64. The third kappa shape index (κ3) is 3.89. The molecule has 0 saturated carbocycles. The zero-order chi connectivity index (χ0) is 19.4. The molecular formula is C21H22FN3O2. The maximum Gasteiger partial charge on any atom is 0.266 e. The van der Waals surface area contributed by atoms with Gasteiger partial charge in [0.1, 0.15) is 12.5 Å². The van der Waals surface area contributed by atoms with Gasteiger partial charge in [0.15, 0.2) is 0 Å². The number of rotatable bonds is 6. The first-order valence-corrected chi connectivity index (χ1v) is 9.02. The highest BCUT2D eigenvalue weighted by Crippen LogP contribution is 2.20. The molecule has 2 aromatic carbocycles. The smallest absolute Gasteiger partial charge is 0.266 e. The number of fused-ring (bicyclic) bond motifs is 1. The summed E-state index contributed by atoms with van der Waals surface area (Å²) in [7, 11) is 0. The van der Waals surface area contributed by atoms with Crippen LogP contribution in [-0.4, -0.2) is 15.5 Å². The number of anilines is 1. The molecule has 0 fully saturated rings. The van der Waals surface area contributed by atoms with Crippen LogP contribution in [0.5, 0.6) is 0 Å². The first-order chi connectivity index (χ1) is 13.0. The standard InChI is InChI=1S/C21H22FN3O2/c1-3-4-9-20(26)23-15-10-11-17-16(12-15)21(27)25(19(13-22)24-17)18-8-6-5-7-14(18)2/h5-8,10-12H,3-4,9,13H2,1-2H3,(H,23,26). The fraction of sp³-hybridized carbons (Fsp3) is 0.286. The lowest BCUT2D eigenvalue weighted by atomic mass is 10.1. The number of halogens is 1. The summed E-state index contributed by atoms with van der Waals surface area (Å²) in [6.45, 7) is 3.03. The van der Waals surface area contributed by atoms with Gasteiger partial charge < -0.3 is 5.32 Å². The van der Waals surface area contributed by atoms with Crippen molar-refractivity contribution in [2.24, 2.45) is 0 Å². The van der Waals surface area contributed by atoms with Crippen molar-refractivity contribution in [1.29, 1.82) is 0 Å². The van der Waals surface area contributed by atoms with Crippen LogP contribution in [0.3, 0.4) is 0 Å². The first kappa shape index (κ1) is 18.8. The summed E-state index contributed by atoms with van der Waals surface area (Å²) in [4.78, 5) is 29.4. The zero-order valence-corrected chi connectivity index (χ0v) is 15.5. The van der Waals surface area contributed by atoms with Gasteiger partial charge in [0.05, 0.1) is 16.6 Å². The Morgan fingerprint density at radius 3 is 2.70 bits per heavy atom. The Morgan fingerprint density at radius 1 is 1.22 bits per heavy atom. The lowest BCUT2D eigenvalue weighted by Gasteiger charge is -2.14. The molecule has 0 saturated heterocycles. The molecule has 1 aromatic heterocycles. The van der Waals surface area contributed by atoms with Crippen LogP contribution < -0.4 is 10.9 Å². The van der Waals surface area contributed by atoms with Crippen LogP contribution in [0.2, 0.25) is 0 Å². The quantitative estimate of drug-likeness (QED) is 0.707. The Bertz CT molecular complexity index is 1040. The van der Waals surface area contributed by atoms with Gasteiger partial charge in [-0.2, -0.15) is 0 Å². The number of amides is 1. The minimum atomic E-state index is -0.852. The molecule has 3 rings (SSSR count). The highest BCUT2D eigenvalue weighted by atomic mass is 19.1. The molecule has 140 valence electrons. The van der Waals surface area contributed by atoms with E-state index in [1.807, 2.05) is 26.0 Å². The number of aryl methyl sites for hydroxylation is 1. The molecule has 0 spiro atoms. The molecule has 5 nitrogen and oxygen atoms in total. The molecule has 1 N–H and O–H groups in total. The van der Waals surface area contributed by atoms with Gasteiger partial charge in [-0.25, -0.2) is 9.37 Å². The van der Waals surface area contributed by atoms with Crippen molar-refractivity contribution < 1.29 is 9.18 Å². The number of nitrogens with one attached hydrogen (secondary N) is 1. The number of hydrogen-bond acceptors (Lipinski definition) is 3. The van der Waals surface area contributed by atoms with Crippen LogP contribution in [0.25, 0.3) is 16.6 Å². The minimum absolute atomic E-state index is 0.0570. The van der Waals surface area contributed by atoms with Crippen molar-refractivity contribution in [3.05, 3.63) is 64.2 Å². The van der Waals surface area contributed by atoms with Crippen molar-refractivity contribution >= 4 is 22.5 Å². The van der Waals surface area contributed by atoms with Crippen molar-refractivity contribution in [2.75, 3.05) is 5.32 Å². The number of alkyl halides is 1. The van der Waals surface area contributed by atoms with Gasteiger partial charge in [-0.3, -0.25) is 14.2 Å². The Balaban J connectivity index is 2.11. The molecule has 0 aliphatic heterocycles. The largest absolute Gasteiger partial charge is 0.326 e. The Hall–Kier alpha value is -3.02. The molecule has 27 heavy (non-hydrogen) atoms. The predicted octanol–water partition coefficient (Wildman–Crippen LogP) is 4.29. The summed E-state index contributed by atoms with van der Waals surface area (Å²) in [5.74, 6) is -0.0368. The molecule has 0 aliphatic carbocycles. The zero-order valence-electron chi connectivity index (χ0n) is 15.5.